The Labute approximate surface area is 163 Å². The summed E-state index contributed by atoms with van der Waals surface area (Å²) in [4.78, 5) is 13.1. The minimum Gasteiger partial charge on any atom is -0.352 e. The monoisotopic (exact) mass is 381 g/mol. The van der Waals surface area contributed by atoms with Crippen LogP contribution in [0.2, 0.25) is 5.02 Å². The van der Waals surface area contributed by atoms with Crippen LogP contribution in [-0.2, 0) is 0 Å². The molecule has 1 aromatic carbocycles. The Hall–Kier alpha value is -2.93. The van der Waals surface area contributed by atoms with E-state index in [0.29, 0.717) is 5.02 Å². The standard InChI is InChI=1S/C19H20ClN7/c1-14-13-17(23-16-5-3-15(20)4-6-16)18(25-24-14)26-9-11-27(12-10-26)19-21-7-2-8-22-19/h2-8,13H,9-12H2,1H3,(H,23,24). The zero-order valence-electron chi connectivity index (χ0n) is 15.0. The van der Waals surface area contributed by atoms with Crippen molar-refractivity contribution in [3.8, 4) is 0 Å². The molecule has 3 heterocycles. The molecule has 2 aromatic heterocycles. The zero-order chi connectivity index (χ0) is 18.6. The summed E-state index contributed by atoms with van der Waals surface area (Å²) in [5.41, 5.74) is 2.77. The van der Waals surface area contributed by atoms with Gasteiger partial charge >= 0.3 is 0 Å². The molecule has 1 saturated heterocycles. The second-order valence-electron chi connectivity index (χ2n) is 6.38. The smallest absolute Gasteiger partial charge is 0.225 e. The van der Waals surface area contributed by atoms with E-state index in [2.05, 4.69) is 35.3 Å². The zero-order valence-corrected chi connectivity index (χ0v) is 15.8. The van der Waals surface area contributed by atoms with E-state index in [4.69, 9.17) is 11.6 Å². The van der Waals surface area contributed by atoms with Crippen LogP contribution in [0.5, 0.6) is 0 Å². The fourth-order valence-electron chi connectivity index (χ4n) is 3.07. The van der Waals surface area contributed by atoms with Crippen molar-refractivity contribution in [1.82, 2.24) is 20.2 Å². The molecule has 0 spiro atoms. The van der Waals surface area contributed by atoms with Crippen molar-refractivity contribution in [3.05, 3.63) is 59.5 Å². The molecular formula is C19H20ClN7. The van der Waals surface area contributed by atoms with Crippen LogP contribution in [0.4, 0.5) is 23.1 Å². The van der Waals surface area contributed by atoms with Gasteiger partial charge in [0.25, 0.3) is 0 Å². The molecule has 8 heteroatoms. The molecule has 1 fully saturated rings. The van der Waals surface area contributed by atoms with Gasteiger partial charge in [0.1, 0.15) is 0 Å². The second kappa shape index (κ2) is 7.75. The highest BCUT2D eigenvalue weighted by Crippen LogP contribution is 2.28. The van der Waals surface area contributed by atoms with Gasteiger partial charge in [-0.15, -0.1) is 5.10 Å². The lowest BCUT2D eigenvalue weighted by molar-refractivity contribution is 0.631. The highest BCUT2D eigenvalue weighted by atomic mass is 35.5. The van der Waals surface area contributed by atoms with Crippen LogP contribution in [0.15, 0.2) is 48.8 Å². The van der Waals surface area contributed by atoms with Gasteiger partial charge in [0.15, 0.2) is 5.82 Å². The van der Waals surface area contributed by atoms with Crippen molar-refractivity contribution in [1.29, 1.82) is 0 Å². The maximum Gasteiger partial charge on any atom is 0.225 e. The van der Waals surface area contributed by atoms with Gasteiger partial charge in [0, 0.05) is 49.3 Å². The summed E-state index contributed by atoms with van der Waals surface area (Å²) in [6, 6.07) is 11.5. The lowest BCUT2D eigenvalue weighted by atomic mass is 10.2. The molecule has 138 valence electrons. The van der Waals surface area contributed by atoms with Gasteiger partial charge in [-0.25, -0.2) is 9.97 Å². The molecule has 7 nitrogen and oxygen atoms in total. The molecular weight excluding hydrogens is 362 g/mol. The van der Waals surface area contributed by atoms with Crippen LogP contribution < -0.4 is 15.1 Å². The number of hydrogen-bond acceptors (Lipinski definition) is 7. The normalized spacial score (nSPS) is 14.3. The number of halogens is 1. The van der Waals surface area contributed by atoms with E-state index < -0.39 is 0 Å². The Kier molecular flexibility index (Phi) is 5.02. The molecule has 0 aliphatic carbocycles. The molecule has 4 rings (SSSR count). The number of nitrogens with zero attached hydrogens (tertiary/aromatic N) is 6. The molecule has 0 saturated carbocycles. The van der Waals surface area contributed by atoms with Crippen LogP contribution in [0.25, 0.3) is 0 Å². The van der Waals surface area contributed by atoms with Crippen LogP contribution in [0, 0.1) is 6.92 Å². The highest BCUT2D eigenvalue weighted by Gasteiger charge is 2.22. The summed E-state index contributed by atoms with van der Waals surface area (Å²) in [5, 5.41) is 12.9. The summed E-state index contributed by atoms with van der Waals surface area (Å²) >= 11 is 5.98. The minimum absolute atomic E-state index is 0.712. The largest absolute Gasteiger partial charge is 0.352 e. The van der Waals surface area contributed by atoms with Crippen molar-refractivity contribution in [2.45, 2.75) is 6.92 Å². The van der Waals surface area contributed by atoms with Crippen molar-refractivity contribution in [2.75, 3.05) is 41.3 Å². The molecule has 0 radical (unpaired) electrons. The van der Waals surface area contributed by atoms with Crippen molar-refractivity contribution < 1.29 is 0 Å². The molecule has 1 aliphatic heterocycles. The molecule has 1 N–H and O–H groups in total. The Bertz CT molecular complexity index is 894. The van der Waals surface area contributed by atoms with Crippen LogP contribution in [0.1, 0.15) is 5.69 Å². The third kappa shape index (κ3) is 4.09. The topological polar surface area (TPSA) is 70.1 Å². The van der Waals surface area contributed by atoms with Gasteiger partial charge in [0.2, 0.25) is 5.95 Å². The van der Waals surface area contributed by atoms with E-state index in [1.807, 2.05) is 43.3 Å². The number of rotatable bonds is 4. The fourth-order valence-corrected chi connectivity index (χ4v) is 3.20. The summed E-state index contributed by atoms with van der Waals surface area (Å²) in [5.74, 6) is 1.62. The van der Waals surface area contributed by atoms with Gasteiger partial charge in [-0.05, 0) is 43.3 Å². The third-order valence-electron chi connectivity index (χ3n) is 4.43. The van der Waals surface area contributed by atoms with Crippen LogP contribution in [-0.4, -0.2) is 46.3 Å². The molecule has 0 atom stereocenters. The summed E-state index contributed by atoms with van der Waals surface area (Å²) < 4.78 is 0. The average Bonchev–Trinajstić information content (AvgIpc) is 2.71. The number of anilines is 4. The van der Waals surface area contributed by atoms with Crippen molar-refractivity contribution in [3.63, 3.8) is 0 Å². The second-order valence-corrected chi connectivity index (χ2v) is 6.81. The molecule has 27 heavy (non-hydrogen) atoms. The first-order valence-electron chi connectivity index (χ1n) is 8.83. The lowest BCUT2D eigenvalue weighted by Gasteiger charge is -2.35. The first-order chi connectivity index (χ1) is 13.2. The summed E-state index contributed by atoms with van der Waals surface area (Å²) in [6.07, 6.45) is 3.54. The van der Waals surface area contributed by atoms with E-state index in [-0.39, 0.29) is 0 Å². The van der Waals surface area contributed by atoms with Gasteiger partial charge in [0.05, 0.1) is 11.4 Å². The van der Waals surface area contributed by atoms with Gasteiger partial charge in [-0.1, -0.05) is 11.6 Å². The Morgan fingerprint density at radius 2 is 1.59 bits per heavy atom. The van der Waals surface area contributed by atoms with Crippen molar-refractivity contribution in [2.24, 2.45) is 0 Å². The van der Waals surface area contributed by atoms with Gasteiger partial charge in [-0.3, -0.25) is 0 Å². The predicted molar refractivity (Wildman–Crippen MR) is 108 cm³/mol. The van der Waals surface area contributed by atoms with E-state index in [1.54, 1.807) is 12.4 Å². The Morgan fingerprint density at radius 3 is 2.30 bits per heavy atom. The third-order valence-corrected chi connectivity index (χ3v) is 4.69. The molecule has 3 aromatic rings. The average molecular weight is 382 g/mol. The van der Waals surface area contributed by atoms with E-state index in [9.17, 15) is 0 Å². The molecule has 0 amide bonds. The predicted octanol–water partition coefficient (Wildman–Crippen LogP) is 3.30. The van der Waals surface area contributed by atoms with Crippen LogP contribution >= 0.6 is 11.6 Å². The number of piperazine rings is 1. The van der Waals surface area contributed by atoms with Crippen molar-refractivity contribution >= 4 is 34.7 Å². The first kappa shape index (κ1) is 17.5. The van der Waals surface area contributed by atoms with Gasteiger partial charge < -0.3 is 15.1 Å². The maximum atomic E-state index is 5.98. The molecule has 0 unspecified atom stereocenters. The highest BCUT2D eigenvalue weighted by molar-refractivity contribution is 6.30. The fraction of sp³-hybridized carbons (Fsp3) is 0.263. The lowest BCUT2D eigenvalue weighted by Crippen LogP contribution is -2.47. The molecule has 0 bridgehead atoms. The number of aryl methyl sites for hydroxylation is 1. The van der Waals surface area contributed by atoms with Crippen LogP contribution in [0.3, 0.4) is 0 Å². The number of hydrogen-bond donors (Lipinski definition) is 1. The Morgan fingerprint density at radius 1 is 0.926 bits per heavy atom. The minimum atomic E-state index is 0.712. The Balaban J connectivity index is 1.51. The number of aromatic nitrogens is 4. The SMILES string of the molecule is Cc1cc(Nc2ccc(Cl)cc2)c(N2CCN(c3ncccn3)CC2)nn1. The number of benzene rings is 1. The summed E-state index contributed by atoms with van der Waals surface area (Å²) in [7, 11) is 0. The van der Waals surface area contributed by atoms with E-state index >= 15 is 0 Å². The van der Waals surface area contributed by atoms with Gasteiger partial charge in [-0.2, -0.15) is 5.10 Å². The number of nitrogens with one attached hydrogen (secondary N) is 1. The quantitative estimate of drug-likeness (QED) is 0.743. The van der Waals surface area contributed by atoms with E-state index in [1.165, 1.54) is 0 Å². The molecule has 1 aliphatic rings. The summed E-state index contributed by atoms with van der Waals surface area (Å²) in [6.45, 7) is 5.25. The van der Waals surface area contributed by atoms with E-state index in [0.717, 1.165) is 55.0 Å². The first-order valence-corrected chi connectivity index (χ1v) is 9.21. The maximum absolute atomic E-state index is 5.98.